The number of urea groups is 1. The Labute approximate surface area is 194 Å². The number of ether oxygens (including phenoxy) is 2. The number of carbonyl (C=O) groups is 3. The molecule has 0 aromatic heterocycles. The molecule has 33 heavy (non-hydrogen) atoms. The molecule has 4 amide bonds. The van der Waals surface area contributed by atoms with E-state index in [1.165, 1.54) is 0 Å². The third kappa shape index (κ3) is 6.71. The van der Waals surface area contributed by atoms with Gasteiger partial charge in [-0.05, 0) is 56.4 Å². The van der Waals surface area contributed by atoms with Crippen LogP contribution in [0.4, 0.5) is 4.79 Å². The van der Waals surface area contributed by atoms with Crippen molar-refractivity contribution >= 4 is 17.8 Å². The van der Waals surface area contributed by atoms with E-state index < -0.39 is 12.1 Å². The average Bonchev–Trinajstić information content (AvgIpc) is 3.08. The summed E-state index contributed by atoms with van der Waals surface area (Å²) in [6, 6.07) is 14.3. The molecule has 0 aliphatic carbocycles. The molecule has 0 bridgehead atoms. The molecule has 1 heterocycles. The lowest BCUT2D eigenvalue weighted by Crippen LogP contribution is -2.41. The van der Waals surface area contributed by atoms with E-state index in [1.54, 1.807) is 0 Å². The van der Waals surface area contributed by atoms with Gasteiger partial charge in [-0.15, -0.1) is 0 Å². The Morgan fingerprint density at radius 1 is 0.970 bits per heavy atom. The maximum Gasteiger partial charge on any atom is 0.325 e. The number of nitrogens with one attached hydrogen (secondary N) is 2. The molecular formula is C25H31N3O5. The van der Waals surface area contributed by atoms with Crippen LogP contribution in [-0.2, 0) is 22.4 Å². The Morgan fingerprint density at radius 3 is 2.42 bits per heavy atom. The number of imide groups is 1. The van der Waals surface area contributed by atoms with Crippen molar-refractivity contribution in [1.29, 1.82) is 0 Å². The van der Waals surface area contributed by atoms with Crippen LogP contribution in [0.2, 0.25) is 0 Å². The molecule has 8 nitrogen and oxygen atoms in total. The second-order valence-electron chi connectivity index (χ2n) is 7.70. The van der Waals surface area contributed by atoms with E-state index in [9.17, 15) is 14.4 Å². The van der Waals surface area contributed by atoms with Gasteiger partial charge in [0.2, 0.25) is 5.91 Å². The zero-order valence-corrected chi connectivity index (χ0v) is 19.1. The first-order chi connectivity index (χ1) is 16.0. The van der Waals surface area contributed by atoms with E-state index in [1.807, 2.05) is 62.4 Å². The molecule has 2 N–H and O–H groups in total. The quantitative estimate of drug-likeness (QED) is 0.482. The highest BCUT2D eigenvalue weighted by Crippen LogP contribution is 2.28. The second-order valence-corrected chi connectivity index (χ2v) is 7.70. The van der Waals surface area contributed by atoms with Gasteiger partial charge in [-0.2, -0.15) is 0 Å². The van der Waals surface area contributed by atoms with Gasteiger partial charge >= 0.3 is 6.03 Å². The van der Waals surface area contributed by atoms with Gasteiger partial charge in [0.15, 0.2) is 11.5 Å². The lowest BCUT2D eigenvalue weighted by molar-refractivity contribution is -0.132. The number of carbonyl (C=O) groups excluding carboxylic acids is 3. The van der Waals surface area contributed by atoms with Crippen LogP contribution in [0.3, 0.4) is 0 Å². The van der Waals surface area contributed by atoms with Crippen LogP contribution in [0.5, 0.6) is 11.5 Å². The van der Waals surface area contributed by atoms with Crippen LogP contribution in [0.1, 0.15) is 31.4 Å². The summed E-state index contributed by atoms with van der Waals surface area (Å²) in [6.45, 7) is 4.98. The monoisotopic (exact) mass is 453 g/mol. The van der Waals surface area contributed by atoms with E-state index in [-0.39, 0.29) is 18.4 Å². The van der Waals surface area contributed by atoms with Gasteiger partial charge in [-0.1, -0.05) is 36.4 Å². The number of amides is 4. The lowest BCUT2D eigenvalue weighted by atomic mass is 10.1. The Hall–Kier alpha value is -3.55. The van der Waals surface area contributed by atoms with Crippen LogP contribution >= 0.6 is 0 Å². The first-order valence-corrected chi connectivity index (χ1v) is 11.3. The summed E-state index contributed by atoms with van der Waals surface area (Å²) >= 11 is 0. The third-order valence-electron chi connectivity index (χ3n) is 5.32. The van der Waals surface area contributed by atoms with Gasteiger partial charge in [0.05, 0.1) is 13.2 Å². The maximum absolute atomic E-state index is 12.6. The topological polar surface area (TPSA) is 97.0 Å². The van der Waals surface area contributed by atoms with Crippen molar-refractivity contribution in [2.24, 2.45) is 0 Å². The van der Waals surface area contributed by atoms with Gasteiger partial charge in [0.25, 0.3) is 5.91 Å². The summed E-state index contributed by atoms with van der Waals surface area (Å²) in [7, 11) is 0. The summed E-state index contributed by atoms with van der Waals surface area (Å²) in [6.07, 6.45) is 1.74. The molecular weight excluding hydrogens is 422 g/mol. The molecule has 0 saturated carbocycles. The van der Waals surface area contributed by atoms with Crippen molar-refractivity contribution in [3.63, 3.8) is 0 Å². The zero-order chi connectivity index (χ0) is 23.6. The molecule has 2 aromatic rings. The van der Waals surface area contributed by atoms with Crippen LogP contribution in [0.25, 0.3) is 0 Å². The highest BCUT2D eigenvalue weighted by Gasteiger charge is 2.38. The minimum atomic E-state index is -0.605. The van der Waals surface area contributed by atoms with E-state index in [0.29, 0.717) is 50.5 Å². The summed E-state index contributed by atoms with van der Waals surface area (Å²) in [4.78, 5) is 38.1. The fraction of sp³-hybridized carbons (Fsp3) is 0.400. The second kappa shape index (κ2) is 11.9. The molecule has 1 aliphatic rings. The predicted molar refractivity (Wildman–Crippen MR) is 124 cm³/mol. The third-order valence-corrected chi connectivity index (χ3v) is 5.32. The molecule has 2 aromatic carbocycles. The van der Waals surface area contributed by atoms with E-state index >= 15 is 0 Å². The Bertz CT molecular complexity index is 964. The smallest absolute Gasteiger partial charge is 0.325 e. The largest absolute Gasteiger partial charge is 0.490 e. The highest BCUT2D eigenvalue weighted by molar-refractivity contribution is 6.06. The Morgan fingerprint density at radius 2 is 1.70 bits per heavy atom. The molecule has 1 saturated heterocycles. The van der Waals surface area contributed by atoms with Gasteiger partial charge in [-0.3, -0.25) is 14.5 Å². The molecule has 0 radical (unpaired) electrons. The van der Waals surface area contributed by atoms with Crippen molar-refractivity contribution in [3.8, 4) is 11.5 Å². The van der Waals surface area contributed by atoms with Crippen molar-refractivity contribution in [3.05, 3.63) is 59.7 Å². The Balaban J connectivity index is 1.46. The maximum atomic E-state index is 12.6. The number of hydrogen-bond acceptors (Lipinski definition) is 5. The first-order valence-electron chi connectivity index (χ1n) is 11.3. The summed E-state index contributed by atoms with van der Waals surface area (Å²) < 4.78 is 11.2. The van der Waals surface area contributed by atoms with E-state index in [4.69, 9.17) is 9.47 Å². The van der Waals surface area contributed by atoms with Crippen molar-refractivity contribution in [1.82, 2.24) is 15.5 Å². The normalized spacial score (nSPS) is 15.3. The number of aryl methyl sites for hydroxylation is 1. The number of rotatable bonds is 12. The molecule has 1 atom stereocenters. The minimum Gasteiger partial charge on any atom is -0.490 e. The lowest BCUT2D eigenvalue weighted by Gasteiger charge is -2.14. The molecule has 176 valence electrons. The molecule has 8 heteroatoms. The van der Waals surface area contributed by atoms with Crippen LogP contribution in [0.15, 0.2) is 48.5 Å². The zero-order valence-electron chi connectivity index (χ0n) is 19.1. The summed E-state index contributed by atoms with van der Waals surface area (Å²) in [5, 5.41) is 5.45. The number of hydrogen-bond donors (Lipinski definition) is 2. The van der Waals surface area contributed by atoms with Gasteiger partial charge in [0, 0.05) is 6.54 Å². The van der Waals surface area contributed by atoms with Crippen LogP contribution in [-0.4, -0.2) is 55.1 Å². The molecule has 1 unspecified atom stereocenters. The van der Waals surface area contributed by atoms with Crippen molar-refractivity contribution in [2.45, 2.75) is 39.2 Å². The Kier molecular flexibility index (Phi) is 8.69. The average molecular weight is 454 g/mol. The molecule has 1 aliphatic heterocycles. The van der Waals surface area contributed by atoms with Gasteiger partial charge in [-0.25, -0.2) is 4.79 Å². The standard InChI is InChI=1S/C25H31N3O5/c1-3-32-21-13-11-19(16-22(21)33-4-2)14-15-26-23(29)17-28-24(30)20(27-25(28)31)12-10-18-8-6-5-7-9-18/h5-9,11,13,16,20H,3-4,10,12,14-15,17H2,1-2H3,(H,26,29)(H,27,31). The SMILES string of the molecule is CCOc1ccc(CCNC(=O)CN2C(=O)NC(CCc3ccccc3)C2=O)cc1OCC. The predicted octanol–water partition coefficient (Wildman–Crippen LogP) is 2.70. The van der Waals surface area contributed by atoms with Crippen molar-refractivity contribution < 1.29 is 23.9 Å². The first kappa shape index (κ1) is 24.1. The molecule has 1 fully saturated rings. The fourth-order valence-corrected chi connectivity index (χ4v) is 3.67. The van der Waals surface area contributed by atoms with E-state index in [2.05, 4.69) is 10.6 Å². The summed E-state index contributed by atoms with van der Waals surface area (Å²) in [5.41, 5.74) is 2.08. The highest BCUT2D eigenvalue weighted by atomic mass is 16.5. The molecule has 0 spiro atoms. The van der Waals surface area contributed by atoms with Crippen molar-refractivity contribution in [2.75, 3.05) is 26.3 Å². The van der Waals surface area contributed by atoms with Crippen LogP contribution < -0.4 is 20.1 Å². The van der Waals surface area contributed by atoms with Crippen LogP contribution in [0, 0.1) is 0 Å². The fourth-order valence-electron chi connectivity index (χ4n) is 3.67. The minimum absolute atomic E-state index is 0.292. The van der Waals surface area contributed by atoms with Gasteiger partial charge in [0.1, 0.15) is 12.6 Å². The van der Waals surface area contributed by atoms with Gasteiger partial charge < -0.3 is 20.1 Å². The number of nitrogens with zero attached hydrogens (tertiary/aromatic N) is 1. The van der Waals surface area contributed by atoms with E-state index in [0.717, 1.165) is 16.0 Å². The molecule has 3 rings (SSSR count). The number of benzene rings is 2. The summed E-state index contributed by atoms with van der Waals surface area (Å²) in [5.74, 6) is 0.619.